The standard InChI is InChI=1S/C24H33N3O5/c1-8-31-20-11-10-17(13-21(20)32-9-2)22(28)25-19-12-18(14-26(7)24(19)30)23(29)27(15(3)4)16(5)6/h10-16H,8-9H2,1-7H3,(H,25,28). The number of ether oxygens (including phenoxy) is 2. The van der Waals surface area contributed by atoms with Crippen molar-refractivity contribution in [3.63, 3.8) is 0 Å². The first-order valence-corrected chi connectivity index (χ1v) is 10.8. The molecule has 8 heteroatoms. The van der Waals surface area contributed by atoms with E-state index < -0.39 is 11.5 Å². The van der Waals surface area contributed by atoms with Gasteiger partial charge in [0, 0.05) is 30.9 Å². The van der Waals surface area contributed by atoms with Crippen molar-refractivity contribution >= 4 is 17.5 Å². The maximum Gasteiger partial charge on any atom is 0.274 e. The van der Waals surface area contributed by atoms with E-state index in [1.54, 1.807) is 30.1 Å². The lowest BCUT2D eigenvalue weighted by atomic mass is 10.1. The minimum Gasteiger partial charge on any atom is -0.490 e. The van der Waals surface area contributed by atoms with Crippen molar-refractivity contribution in [1.82, 2.24) is 9.47 Å². The highest BCUT2D eigenvalue weighted by molar-refractivity contribution is 6.05. The molecule has 0 saturated heterocycles. The summed E-state index contributed by atoms with van der Waals surface area (Å²) in [5.41, 5.74) is 0.252. The molecule has 174 valence electrons. The summed E-state index contributed by atoms with van der Waals surface area (Å²) in [6.45, 7) is 12.3. The van der Waals surface area contributed by atoms with Crippen molar-refractivity contribution in [1.29, 1.82) is 0 Å². The average molecular weight is 444 g/mol. The minimum atomic E-state index is -0.486. The fraction of sp³-hybridized carbons (Fsp3) is 0.458. The number of amides is 2. The zero-order chi connectivity index (χ0) is 24.0. The largest absolute Gasteiger partial charge is 0.490 e. The highest BCUT2D eigenvalue weighted by Crippen LogP contribution is 2.29. The molecule has 0 unspecified atom stereocenters. The highest BCUT2D eigenvalue weighted by atomic mass is 16.5. The molecule has 0 spiro atoms. The van der Waals surface area contributed by atoms with Crippen LogP contribution in [0.3, 0.4) is 0 Å². The number of pyridine rings is 1. The molecule has 0 bridgehead atoms. The smallest absolute Gasteiger partial charge is 0.274 e. The molecule has 1 heterocycles. The van der Waals surface area contributed by atoms with E-state index in [-0.39, 0.29) is 23.7 Å². The summed E-state index contributed by atoms with van der Waals surface area (Å²) < 4.78 is 12.4. The molecule has 0 aliphatic carbocycles. The third kappa shape index (κ3) is 5.69. The summed E-state index contributed by atoms with van der Waals surface area (Å²) in [5.74, 6) is 0.293. The van der Waals surface area contributed by atoms with Crippen LogP contribution in [0.5, 0.6) is 11.5 Å². The van der Waals surface area contributed by atoms with Gasteiger partial charge in [0.2, 0.25) is 0 Å². The van der Waals surface area contributed by atoms with Crippen molar-refractivity contribution in [3.05, 3.63) is 51.9 Å². The van der Waals surface area contributed by atoms with Gasteiger partial charge >= 0.3 is 0 Å². The van der Waals surface area contributed by atoms with E-state index in [1.807, 2.05) is 41.5 Å². The molecule has 0 aliphatic rings. The van der Waals surface area contributed by atoms with Crippen LogP contribution in [-0.2, 0) is 7.05 Å². The number of carbonyl (C=O) groups is 2. The van der Waals surface area contributed by atoms with Crippen molar-refractivity contribution in [2.24, 2.45) is 7.05 Å². The Morgan fingerprint density at radius 1 is 0.969 bits per heavy atom. The first-order chi connectivity index (χ1) is 15.1. The molecule has 32 heavy (non-hydrogen) atoms. The Balaban J connectivity index is 2.39. The third-order valence-electron chi connectivity index (χ3n) is 4.83. The first kappa shape index (κ1) is 25.0. The second kappa shape index (κ2) is 10.8. The molecular weight excluding hydrogens is 410 g/mol. The fourth-order valence-electron chi connectivity index (χ4n) is 3.52. The second-order valence-electron chi connectivity index (χ2n) is 7.94. The van der Waals surface area contributed by atoms with Gasteiger partial charge in [0.15, 0.2) is 11.5 Å². The number of nitrogens with one attached hydrogen (secondary N) is 1. The summed E-state index contributed by atoms with van der Waals surface area (Å²) >= 11 is 0. The maximum absolute atomic E-state index is 13.1. The maximum atomic E-state index is 13.1. The molecule has 0 fully saturated rings. The van der Waals surface area contributed by atoms with Crippen LogP contribution in [-0.4, -0.2) is 46.6 Å². The van der Waals surface area contributed by atoms with Crippen LogP contribution in [0, 0.1) is 0 Å². The quantitative estimate of drug-likeness (QED) is 0.638. The van der Waals surface area contributed by atoms with Gasteiger partial charge in [-0.05, 0) is 65.8 Å². The summed E-state index contributed by atoms with van der Waals surface area (Å²) in [5, 5.41) is 2.64. The van der Waals surface area contributed by atoms with Gasteiger partial charge in [-0.1, -0.05) is 0 Å². The predicted molar refractivity (Wildman–Crippen MR) is 125 cm³/mol. The molecule has 0 radical (unpaired) electrons. The lowest BCUT2D eigenvalue weighted by molar-refractivity contribution is 0.0642. The zero-order valence-corrected chi connectivity index (χ0v) is 19.9. The molecule has 2 amide bonds. The molecule has 1 N–H and O–H groups in total. The van der Waals surface area contributed by atoms with Crippen molar-refractivity contribution in [2.45, 2.75) is 53.6 Å². The van der Waals surface area contributed by atoms with Crippen molar-refractivity contribution in [2.75, 3.05) is 18.5 Å². The van der Waals surface area contributed by atoms with Crippen LogP contribution < -0.4 is 20.3 Å². The molecule has 0 atom stereocenters. The summed E-state index contributed by atoms with van der Waals surface area (Å²) in [4.78, 5) is 40.3. The van der Waals surface area contributed by atoms with E-state index in [9.17, 15) is 14.4 Å². The Morgan fingerprint density at radius 2 is 1.56 bits per heavy atom. The van der Waals surface area contributed by atoms with Crippen LogP contribution in [0.4, 0.5) is 5.69 Å². The molecule has 1 aromatic heterocycles. The summed E-state index contributed by atoms with van der Waals surface area (Å²) in [6, 6.07) is 6.23. The van der Waals surface area contributed by atoms with Crippen molar-refractivity contribution < 1.29 is 19.1 Å². The Hall–Kier alpha value is -3.29. The molecule has 0 aliphatic heterocycles. The topological polar surface area (TPSA) is 89.9 Å². The summed E-state index contributed by atoms with van der Waals surface area (Å²) in [7, 11) is 1.55. The average Bonchev–Trinajstić information content (AvgIpc) is 2.72. The lowest BCUT2D eigenvalue weighted by Crippen LogP contribution is -2.42. The normalized spacial score (nSPS) is 10.9. The van der Waals surface area contributed by atoms with Gasteiger partial charge in [-0.3, -0.25) is 14.4 Å². The predicted octanol–water partition coefficient (Wildman–Crippen LogP) is 3.69. The first-order valence-electron chi connectivity index (χ1n) is 10.8. The highest BCUT2D eigenvalue weighted by Gasteiger charge is 2.23. The van der Waals surface area contributed by atoms with Gasteiger partial charge in [-0.15, -0.1) is 0 Å². The van der Waals surface area contributed by atoms with E-state index in [0.717, 1.165) is 0 Å². The van der Waals surface area contributed by atoms with Crippen molar-refractivity contribution in [3.8, 4) is 11.5 Å². The number of anilines is 1. The number of hydrogen-bond donors (Lipinski definition) is 1. The van der Waals surface area contributed by atoms with E-state index in [0.29, 0.717) is 35.8 Å². The van der Waals surface area contributed by atoms with Crippen LogP contribution >= 0.6 is 0 Å². The molecule has 0 saturated carbocycles. The zero-order valence-electron chi connectivity index (χ0n) is 19.9. The molecule has 1 aromatic carbocycles. The number of aryl methyl sites for hydroxylation is 1. The van der Waals surface area contributed by atoms with E-state index in [4.69, 9.17) is 9.47 Å². The lowest BCUT2D eigenvalue weighted by Gasteiger charge is -2.31. The number of carbonyl (C=O) groups excluding carboxylic acids is 2. The van der Waals surface area contributed by atoms with E-state index in [2.05, 4.69) is 5.32 Å². The van der Waals surface area contributed by atoms with Gasteiger partial charge < -0.3 is 24.3 Å². The molecule has 2 aromatic rings. The monoisotopic (exact) mass is 443 g/mol. The fourth-order valence-corrected chi connectivity index (χ4v) is 3.52. The Labute approximate surface area is 189 Å². The van der Waals surface area contributed by atoms with Gasteiger partial charge in [-0.2, -0.15) is 0 Å². The van der Waals surface area contributed by atoms with Gasteiger partial charge in [0.1, 0.15) is 5.69 Å². The van der Waals surface area contributed by atoms with Crippen LogP contribution in [0.25, 0.3) is 0 Å². The SMILES string of the molecule is CCOc1ccc(C(=O)Nc2cc(C(=O)N(C(C)C)C(C)C)cn(C)c2=O)cc1OCC. The van der Waals surface area contributed by atoms with Crippen LogP contribution in [0.15, 0.2) is 35.3 Å². The van der Waals surface area contributed by atoms with Crippen LogP contribution in [0.1, 0.15) is 62.3 Å². The Bertz CT molecular complexity index is 1020. The molecule has 2 rings (SSSR count). The number of rotatable bonds is 9. The Kier molecular flexibility index (Phi) is 8.46. The minimum absolute atomic E-state index is 0.0152. The van der Waals surface area contributed by atoms with Gasteiger partial charge in [0.05, 0.1) is 18.8 Å². The van der Waals surface area contributed by atoms with Crippen LogP contribution in [0.2, 0.25) is 0 Å². The Morgan fingerprint density at radius 3 is 2.12 bits per heavy atom. The molecular formula is C24H33N3O5. The third-order valence-corrected chi connectivity index (χ3v) is 4.83. The van der Waals surface area contributed by atoms with E-state index >= 15 is 0 Å². The van der Waals surface area contributed by atoms with Gasteiger partial charge in [-0.25, -0.2) is 0 Å². The summed E-state index contributed by atoms with van der Waals surface area (Å²) in [6.07, 6.45) is 1.49. The van der Waals surface area contributed by atoms with E-state index in [1.165, 1.54) is 16.8 Å². The number of nitrogens with zero attached hydrogens (tertiary/aromatic N) is 2. The number of aromatic nitrogens is 1. The number of benzene rings is 1. The second-order valence-corrected chi connectivity index (χ2v) is 7.94. The van der Waals surface area contributed by atoms with Gasteiger partial charge in [0.25, 0.3) is 17.4 Å². The molecule has 8 nitrogen and oxygen atoms in total. The number of hydrogen-bond acceptors (Lipinski definition) is 5.